The molecule has 0 aromatic heterocycles. The van der Waals surface area contributed by atoms with Crippen LogP contribution < -0.4 is 4.74 Å². The summed E-state index contributed by atoms with van der Waals surface area (Å²) in [4.78, 5) is 11.6. The first-order valence-electron chi connectivity index (χ1n) is 12.7. The van der Waals surface area contributed by atoms with Crippen molar-refractivity contribution in [1.82, 2.24) is 0 Å². The lowest BCUT2D eigenvalue weighted by Gasteiger charge is -2.15. The summed E-state index contributed by atoms with van der Waals surface area (Å²) in [5.41, 5.74) is 5.65. The molecule has 0 spiro atoms. The molecule has 1 atom stereocenters. The first-order chi connectivity index (χ1) is 16.6. The predicted octanol–water partition coefficient (Wildman–Crippen LogP) is 8.77. The number of rotatable bonds is 13. The monoisotopic (exact) mass is 458 g/mol. The van der Waals surface area contributed by atoms with Crippen molar-refractivity contribution < 1.29 is 14.3 Å². The lowest BCUT2D eigenvalue weighted by Crippen LogP contribution is -2.07. The molecule has 0 fully saturated rings. The van der Waals surface area contributed by atoms with E-state index < -0.39 is 0 Å². The lowest BCUT2D eigenvalue weighted by molar-refractivity contribution is -0.148. The van der Waals surface area contributed by atoms with E-state index in [0.29, 0.717) is 6.42 Å². The van der Waals surface area contributed by atoms with Crippen molar-refractivity contribution in [3.8, 4) is 28.0 Å². The van der Waals surface area contributed by atoms with Crippen LogP contribution in [-0.2, 0) is 9.53 Å². The standard InChI is InChI=1S/C31H38O3/c1-4-6-7-8-9-12-23-33-28-21-19-27(20-22-28)30-14-11-10-13-29(30)26-17-15-25(16-18-26)24(3)34-31(32)5-2/h10-11,13-22,24H,4-9,12,23H2,1-3H3. The molecule has 0 heterocycles. The fourth-order valence-electron chi connectivity index (χ4n) is 4.07. The Morgan fingerprint density at radius 3 is 1.88 bits per heavy atom. The number of hydrogen-bond acceptors (Lipinski definition) is 3. The van der Waals surface area contributed by atoms with E-state index in [1.54, 1.807) is 0 Å². The average molecular weight is 459 g/mol. The van der Waals surface area contributed by atoms with Crippen LogP contribution in [0, 0.1) is 0 Å². The Labute approximate surface area is 205 Å². The zero-order chi connectivity index (χ0) is 24.2. The van der Waals surface area contributed by atoms with Gasteiger partial charge in [-0.2, -0.15) is 0 Å². The van der Waals surface area contributed by atoms with Gasteiger partial charge < -0.3 is 9.47 Å². The second kappa shape index (κ2) is 13.6. The van der Waals surface area contributed by atoms with Crippen molar-refractivity contribution in [1.29, 1.82) is 0 Å². The number of esters is 1. The topological polar surface area (TPSA) is 35.5 Å². The summed E-state index contributed by atoms with van der Waals surface area (Å²) in [6.45, 7) is 6.74. The van der Waals surface area contributed by atoms with Crippen LogP contribution in [0.3, 0.4) is 0 Å². The number of carbonyl (C=O) groups is 1. The van der Waals surface area contributed by atoms with Crippen molar-refractivity contribution in [2.75, 3.05) is 6.61 Å². The maximum atomic E-state index is 11.6. The largest absolute Gasteiger partial charge is 0.494 e. The van der Waals surface area contributed by atoms with Crippen LogP contribution in [0.25, 0.3) is 22.3 Å². The van der Waals surface area contributed by atoms with E-state index in [2.05, 4.69) is 67.6 Å². The van der Waals surface area contributed by atoms with Crippen molar-refractivity contribution in [3.05, 3.63) is 78.4 Å². The molecule has 0 amide bonds. The summed E-state index contributed by atoms with van der Waals surface area (Å²) >= 11 is 0. The molecule has 3 rings (SSSR count). The van der Waals surface area contributed by atoms with Gasteiger partial charge in [0.05, 0.1) is 6.61 Å². The molecule has 0 saturated heterocycles. The predicted molar refractivity (Wildman–Crippen MR) is 141 cm³/mol. The number of unbranched alkanes of at least 4 members (excludes halogenated alkanes) is 5. The van der Waals surface area contributed by atoms with Gasteiger partial charge in [0.1, 0.15) is 11.9 Å². The molecule has 0 bridgehead atoms. The summed E-state index contributed by atoms with van der Waals surface area (Å²) in [5.74, 6) is 0.746. The fourth-order valence-corrected chi connectivity index (χ4v) is 4.07. The molecule has 0 saturated carbocycles. The van der Waals surface area contributed by atoms with Gasteiger partial charge in [0.2, 0.25) is 0 Å². The molecule has 0 aliphatic rings. The minimum atomic E-state index is -0.249. The highest BCUT2D eigenvalue weighted by Gasteiger charge is 2.12. The second-order valence-corrected chi connectivity index (χ2v) is 8.79. The minimum Gasteiger partial charge on any atom is -0.494 e. The summed E-state index contributed by atoms with van der Waals surface area (Å²) in [6.07, 6.45) is 7.74. The first-order valence-corrected chi connectivity index (χ1v) is 12.7. The Kier molecular flexibility index (Phi) is 10.2. The van der Waals surface area contributed by atoms with Gasteiger partial charge in [0.15, 0.2) is 0 Å². The molecule has 3 aromatic rings. The highest BCUT2D eigenvalue weighted by Crippen LogP contribution is 2.33. The number of ether oxygens (including phenoxy) is 2. The van der Waals surface area contributed by atoms with Gasteiger partial charge in [-0.15, -0.1) is 0 Å². The Morgan fingerprint density at radius 2 is 1.29 bits per heavy atom. The maximum absolute atomic E-state index is 11.6. The molecule has 3 aromatic carbocycles. The van der Waals surface area contributed by atoms with Crippen LogP contribution in [0.1, 0.15) is 77.4 Å². The Bertz CT molecular complexity index is 1010. The molecule has 180 valence electrons. The first kappa shape index (κ1) is 25.6. The Balaban J connectivity index is 1.64. The number of benzene rings is 3. The van der Waals surface area contributed by atoms with E-state index in [9.17, 15) is 4.79 Å². The van der Waals surface area contributed by atoms with Gasteiger partial charge in [-0.25, -0.2) is 0 Å². The van der Waals surface area contributed by atoms with Gasteiger partial charge in [-0.3, -0.25) is 4.79 Å². The van der Waals surface area contributed by atoms with Crippen LogP contribution in [0.2, 0.25) is 0 Å². The van der Waals surface area contributed by atoms with Crippen LogP contribution in [0.5, 0.6) is 5.75 Å². The zero-order valence-electron chi connectivity index (χ0n) is 20.9. The van der Waals surface area contributed by atoms with Crippen molar-refractivity contribution in [2.24, 2.45) is 0 Å². The third kappa shape index (κ3) is 7.48. The molecule has 3 nitrogen and oxygen atoms in total. The van der Waals surface area contributed by atoms with E-state index in [4.69, 9.17) is 9.47 Å². The van der Waals surface area contributed by atoms with Crippen LogP contribution >= 0.6 is 0 Å². The molecule has 34 heavy (non-hydrogen) atoms. The molecule has 0 radical (unpaired) electrons. The van der Waals surface area contributed by atoms with Gasteiger partial charge in [0.25, 0.3) is 0 Å². The van der Waals surface area contributed by atoms with Gasteiger partial charge in [0, 0.05) is 6.42 Å². The van der Waals surface area contributed by atoms with E-state index in [-0.39, 0.29) is 12.1 Å². The average Bonchev–Trinajstić information content (AvgIpc) is 2.88. The molecule has 0 aliphatic carbocycles. The Morgan fingerprint density at radius 1 is 0.735 bits per heavy atom. The maximum Gasteiger partial charge on any atom is 0.306 e. The van der Waals surface area contributed by atoms with Crippen molar-refractivity contribution in [2.45, 2.75) is 71.8 Å². The number of carbonyl (C=O) groups excluding carboxylic acids is 1. The molecule has 3 heteroatoms. The molecule has 1 unspecified atom stereocenters. The molecule has 0 N–H and O–H groups in total. The highest BCUT2D eigenvalue weighted by molar-refractivity contribution is 5.83. The van der Waals surface area contributed by atoms with Crippen LogP contribution in [0.4, 0.5) is 0 Å². The normalized spacial score (nSPS) is 11.7. The summed E-state index contributed by atoms with van der Waals surface area (Å²) in [6, 6.07) is 25.1. The minimum absolute atomic E-state index is 0.179. The zero-order valence-corrected chi connectivity index (χ0v) is 20.9. The van der Waals surface area contributed by atoms with Crippen molar-refractivity contribution >= 4 is 5.97 Å². The SMILES string of the molecule is CCCCCCCCOc1ccc(-c2ccccc2-c2ccc(C(C)OC(=O)CC)cc2)cc1. The third-order valence-corrected chi connectivity index (χ3v) is 6.15. The molecular formula is C31H38O3. The van der Waals surface area contributed by atoms with Crippen LogP contribution in [0.15, 0.2) is 72.8 Å². The molecular weight excluding hydrogens is 420 g/mol. The van der Waals surface area contributed by atoms with Crippen molar-refractivity contribution in [3.63, 3.8) is 0 Å². The molecule has 0 aliphatic heterocycles. The van der Waals surface area contributed by atoms with Gasteiger partial charge in [-0.05, 0) is 53.3 Å². The quantitative estimate of drug-likeness (QED) is 0.190. The van der Waals surface area contributed by atoms with E-state index in [1.165, 1.54) is 43.2 Å². The lowest BCUT2D eigenvalue weighted by atomic mass is 9.94. The van der Waals surface area contributed by atoms with E-state index in [0.717, 1.165) is 35.5 Å². The third-order valence-electron chi connectivity index (χ3n) is 6.15. The van der Waals surface area contributed by atoms with Gasteiger partial charge in [-0.1, -0.05) is 107 Å². The summed E-state index contributed by atoms with van der Waals surface area (Å²) in [5, 5.41) is 0. The fraction of sp³-hybridized carbons (Fsp3) is 0.387. The summed E-state index contributed by atoms with van der Waals surface area (Å²) < 4.78 is 11.4. The van der Waals surface area contributed by atoms with E-state index in [1.807, 2.05) is 26.0 Å². The van der Waals surface area contributed by atoms with E-state index >= 15 is 0 Å². The second-order valence-electron chi connectivity index (χ2n) is 8.79. The highest BCUT2D eigenvalue weighted by atomic mass is 16.5. The summed E-state index contributed by atoms with van der Waals surface area (Å²) in [7, 11) is 0. The Hall–Kier alpha value is -3.07. The van der Waals surface area contributed by atoms with Crippen LogP contribution in [-0.4, -0.2) is 12.6 Å². The van der Waals surface area contributed by atoms with Gasteiger partial charge >= 0.3 is 5.97 Å². The number of hydrogen-bond donors (Lipinski definition) is 0. The smallest absolute Gasteiger partial charge is 0.306 e.